The maximum atomic E-state index is 12.3. The van der Waals surface area contributed by atoms with Crippen LogP contribution in [0.2, 0.25) is 0 Å². The van der Waals surface area contributed by atoms with Crippen LogP contribution in [0.3, 0.4) is 0 Å². The summed E-state index contributed by atoms with van der Waals surface area (Å²) < 4.78 is 0. The lowest BCUT2D eigenvalue weighted by Gasteiger charge is -2.54. The van der Waals surface area contributed by atoms with Gasteiger partial charge in [0.2, 0.25) is 0 Å². The molecule has 4 aliphatic carbocycles. The van der Waals surface area contributed by atoms with Crippen molar-refractivity contribution in [1.29, 1.82) is 0 Å². The number of benzene rings is 1. The van der Waals surface area contributed by atoms with E-state index in [4.69, 9.17) is 0 Å². The standard InChI is InChI=1S/C23H34N2O/c1-16(2)21-5-3-17(4-6-21)7-8-24-22(26)15-25-23-12-18-9-19(13-23)11-20(10-18)14-23/h3-6,16,18-20,25H,7-15H2,1-2H3,(H,24,26)/p+1. The Labute approximate surface area is 158 Å². The van der Waals surface area contributed by atoms with Gasteiger partial charge in [0.1, 0.15) is 0 Å². The van der Waals surface area contributed by atoms with E-state index < -0.39 is 0 Å². The maximum Gasteiger partial charge on any atom is 0.275 e. The second kappa shape index (κ2) is 7.34. The molecule has 3 N–H and O–H groups in total. The molecule has 1 aromatic rings. The molecule has 4 bridgehead atoms. The zero-order chi connectivity index (χ0) is 18.1. The van der Waals surface area contributed by atoms with Gasteiger partial charge in [-0.15, -0.1) is 0 Å². The molecule has 0 aliphatic heterocycles. The van der Waals surface area contributed by atoms with E-state index in [1.807, 2.05) is 0 Å². The number of rotatable bonds is 7. The third-order valence-electron chi connectivity index (χ3n) is 7.19. The molecule has 3 heteroatoms. The number of nitrogens with two attached hydrogens (primary N) is 1. The molecule has 0 spiro atoms. The highest BCUT2D eigenvalue weighted by Gasteiger charge is 2.53. The molecule has 0 atom stereocenters. The van der Waals surface area contributed by atoms with Gasteiger partial charge in [0.05, 0.1) is 5.54 Å². The Morgan fingerprint density at radius 2 is 1.65 bits per heavy atom. The van der Waals surface area contributed by atoms with Crippen LogP contribution in [0.5, 0.6) is 0 Å². The molecule has 142 valence electrons. The lowest BCUT2D eigenvalue weighted by molar-refractivity contribution is -0.730. The highest BCUT2D eigenvalue weighted by Crippen LogP contribution is 2.54. The Morgan fingerprint density at radius 1 is 1.08 bits per heavy atom. The second-order valence-corrected chi connectivity index (χ2v) is 9.68. The van der Waals surface area contributed by atoms with Crippen LogP contribution < -0.4 is 10.6 Å². The van der Waals surface area contributed by atoms with Gasteiger partial charge in [-0.25, -0.2) is 0 Å². The largest absolute Gasteiger partial charge is 0.351 e. The van der Waals surface area contributed by atoms with Crippen LogP contribution in [0.15, 0.2) is 24.3 Å². The van der Waals surface area contributed by atoms with Gasteiger partial charge in [-0.1, -0.05) is 38.1 Å². The summed E-state index contributed by atoms with van der Waals surface area (Å²) in [5.74, 6) is 3.64. The average molecular weight is 356 g/mol. The van der Waals surface area contributed by atoms with Crippen molar-refractivity contribution in [3.8, 4) is 0 Å². The normalized spacial score (nSPS) is 32.2. The molecule has 4 saturated carbocycles. The number of amides is 1. The minimum absolute atomic E-state index is 0.208. The molecule has 3 nitrogen and oxygen atoms in total. The lowest BCUT2D eigenvalue weighted by atomic mass is 9.53. The predicted octanol–water partition coefficient (Wildman–Crippen LogP) is 3.00. The summed E-state index contributed by atoms with van der Waals surface area (Å²) in [6, 6.07) is 8.82. The summed E-state index contributed by atoms with van der Waals surface area (Å²) in [5.41, 5.74) is 3.08. The summed E-state index contributed by atoms with van der Waals surface area (Å²) in [7, 11) is 0. The smallest absolute Gasteiger partial charge is 0.275 e. The molecule has 0 saturated heterocycles. The Bertz CT molecular complexity index is 599. The summed E-state index contributed by atoms with van der Waals surface area (Å²) in [6.45, 7) is 5.79. The van der Waals surface area contributed by atoms with Gasteiger partial charge in [-0.3, -0.25) is 4.79 Å². The van der Waals surface area contributed by atoms with Crippen molar-refractivity contribution < 1.29 is 10.1 Å². The van der Waals surface area contributed by atoms with E-state index >= 15 is 0 Å². The number of hydrogen-bond acceptors (Lipinski definition) is 1. The van der Waals surface area contributed by atoms with Gasteiger partial charge >= 0.3 is 0 Å². The number of carbonyl (C=O) groups is 1. The molecule has 1 amide bonds. The summed E-state index contributed by atoms with van der Waals surface area (Å²) >= 11 is 0. The molecule has 0 heterocycles. The van der Waals surface area contributed by atoms with Gasteiger partial charge in [-0.05, 0) is 60.5 Å². The summed E-state index contributed by atoms with van der Waals surface area (Å²) in [5, 5.41) is 5.54. The maximum absolute atomic E-state index is 12.3. The Hall–Kier alpha value is -1.35. The Kier molecular flexibility index (Phi) is 5.09. The van der Waals surface area contributed by atoms with Gasteiger partial charge in [0.15, 0.2) is 6.54 Å². The van der Waals surface area contributed by atoms with E-state index in [1.54, 1.807) is 0 Å². The van der Waals surface area contributed by atoms with E-state index in [9.17, 15) is 4.79 Å². The topological polar surface area (TPSA) is 45.7 Å². The molecule has 4 aliphatic rings. The molecule has 1 aromatic carbocycles. The highest BCUT2D eigenvalue weighted by molar-refractivity contribution is 5.76. The fourth-order valence-electron chi connectivity index (χ4n) is 6.22. The van der Waals surface area contributed by atoms with E-state index in [2.05, 4.69) is 48.7 Å². The van der Waals surface area contributed by atoms with Crippen LogP contribution in [-0.2, 0) is 11.2 Å². The van der Waals surface area contributed by atoms with Gasteiger partial charge in [0.25, 0.3) is 5.91 Å². The molecule has 0 aromatic heterocycles. The van der Waals surface area contributed by atoms with Gasteiger partial charge < -0.3 is 10.6 Å². The second-order valence-electron chi connectivity index (χ2n) is 9.68. The molecular formula is C23H35N2O+. The fourth-order valence-corrected chi connectivity index (χ4v) is 6.22. The molecule has 0 unspecified atom stereocenters. The number of nitrogens with one attached hydrogen (secondary N) is 1. The first kappa shape index (κ1) is 18.0. The first-order valence-corrected chi connectivity index (χ1v) is 10.7. The minimum Gasteiger partial charge on any atom is -0.351 e. The zero-order valence-electron chi connectivity index (χ0n) is 16.5. The average Bonchev–Trinajstić information content (AvgIpc) is 2.59. The van der Waals surface area contributed by atoms with Crippen molar-refractivity contribution in [3.05, 3.63) is 35.4 Å². The third kappa shape index (κ3) is 3.98. The number of carbonyl (C=O) groups excluding carboxylic acids is 1. The molecule has 26 heavy (non-hydrogen) atoms. The Balaban J connectivity index is 1.20. The summed E-state index contributed by atoms with van der Waals surface area (Å²) in [4.78, 5) is 12.3. The first-order valence-electron chi connectivity index (χ1n) is 10.7. The van der Waals surface area contributed by atoms with E-state index in [0.29, 0.717) is 18.0 Å². The quantitative estimate of drug-likeness (QED) is 0.776. The molecular weight excluding hydrogens is 320 g/mol. The van der Waals surface area contributed by atoms with Gasteiger partial charge in [-0.2, -0.15) is 0 Å². The highest BCUT2D eigenvalue weighted by atomic mass is 16.1. The minimum atomic E-state index is 0.208. The van der Waals surface area contributed by atoms with Crippen molar-refractivity contribution >= 4 is 5.91 Å². The molecule has 0 radical (unpaired) electrons. The van der Waals surface area contributed by atoms with Crippen molar-refractivity contribution in [2.75, 3.05) is 13.1 Å². The SMILES string of the molecule is CC(C)c1ccc(CCNC(=O)C[NH2+]C23CC4CC(CC(C4)C2)C3)cc1. The van der Waals surface area contributed by atoms with Crippen LogP contribution in [0.25, 0.3) is 0 Å². The third-order valence-corrected chi connectivity index (χ3v) is 7.19. The van der Waals surface area contributed by atoms with Gasteiger partial charge in [0, 0.05) is 25.8 Å². The van der Waals surface area contributed by atoms with Crippen molar-refractivity contribution in [2.45, 2.75) is 70.3 Å². The van der Waals surface area contributed by atoms with Crippen LogP contribution in [-0.4, -0.2) is 24.5 Å². The van der Waals surface area contributed by atoms with Crippen LogP contribution in [0.4, 0.5) is 0 Å². The molecule has 4 fully saturated rings. The van der Waals surface area contributed by atoms with Crippen molar-refractivity contribution in [3.63, 3.8) is 0 Å². The molecule has 5 rings (SSSR count). The van der Waals surface area contributed by atoms with Crippen molar-refractivity contribution in [2.24, 2.45) is 17.8 Å². The van der Waals surface area contributed by atoms with Crippen molar-refractivity contribution in [1.82, 2.24) is 5.32 Å². The lowest BCUT2D eigenvalue weighted by Crippen LogP contribution is -3.00. The fraction of sp³-hybridized carbons (Fsp3) is 0.696. The zero-order valence-corrected chi connectivity index (χ0v) is 16.5. The predicted molar refractivity (Wildman–Crippen MR) is 105 cm³/mol. The monoisotopic (exact) mass is 355 g/mol. The van der Waals surface area contributed by atoms with Crippen LogP contribution in [0.1, 0.15) is 69.4 Å². The van der Waals surface area contributed by atoms with E-state index in [-0.39, 0.29) is 5.91 Å². The van der Waals surface area contributed by atoms with E-state index in [0.717, 1.165) is 30.7 Å². The first-order chi connectivity index (χ1) is 12.5. The Morgan fingerprint density at radius 3 is 2.19 bits per heavy atom. The number of hydrogen-bond donors (Lipinski definition) is 2. The van der Waals surface area contributed by atoms with Crippen LogP contribution >= 0.6 is 0 Å². The number of quaternary nitrogens is 1. The van der Waals surface area contributed by atoms with E-state index in [1.165, 1.54) is 49.7 Å². The van der Waals surface area contributed by atoms with Crippen LogP contribution in [0, 0.1) is 17.8 Å². The summed E-state index contributed by atoms with van der Waals surface area (Å²) in [6.07, 6.45) is 9.39.